The summed E-state index contributed by atoms with van der Waals surface area (Å²) in [4.78, 5) is 104. The fourth-order valence-corrected chi connectivity index (χ4v) is 20.7. The standard InChI is InChI=1S/C105H51Cl14N21/c106-85-78(86(107)128-99(127-85)50-22-8-1-9-23-50)71-57-36-38-59(120-57)72(79-87(108)129-100(130-88(79)109)51-24-10-2-11-25-51)61-40-42-63(122-61)74(81-91(112)133-102(134-92(81)113)53-28-14-4-15-29-53)65-44-46-67(124-65)76(83-95(116)137-104(138-96(83)117)55-32-18-6-19-33-55)69-48-49-70(126-69)77(84-97(118)139-105(140-98(84)119)56-34-20-7-21-35-56)68-47-45-66(125-68)75(82-93(114)135-103(136-94(82)115)54-30-16-5-17-31-54)64-43-41-62(123-64)73(60-39-37-58(71)121-60)80-89(110)131-101(132-90(80)111)52-26-12-3-13-27-52/h1-49,120,123H. The molecular formula is C105H51Cl14N21. The Bertz CT molecular complexity index is 8110. The molecule has 5 aliphatic rings. The predicted molar refractivity (Wildman–Crippen MR) is 567 cm³/mol. The lowest BCUT2D eigenvalue weighted by atomic mass is 10.0. The Morgan fingerprint density at radius 1 is 0.121 bits per heavy atom. The first-order valence-electron chi connectivity index (χ1n) is 42.4. The van der Waals surface area contributed by atoms with Crippen molar-refractivity contribution in [1.82, 2.24) is 105 Å². The Kier molecular flexibility index (Phi) is 25.1. The van der Waals surface area contributed by atoms with Gasteiger partial charge in [-0.25, -0.2) is 94.7 Å². The summed E-state index contributed by atoms with van der Waals surface area (Å²) in [6, 6.07) is 71.6. The van der Waals surface area contributed by atoms with Crippen molar-refractivity contribution in [2.24, 2.45) is 0 Å². The molecule has 0 fully saturated rings. The zero-order chi connectivity index (χ0) is 95.8. The molecule has 0 amide bonds. The highest BCUT2D eigenvalue weighted by Crippen LogP contribution is 2.51. The highest BCUT2D eigenvalue weighted by atomic mass is 35.5. The summed E-state index contributed by atoms with van der Waals surface area (Å²) >= 11 is 107. The SMILES string of the molecule is Clc1nc(-c2ccccc2)nc(Cl)c1-c1c2nc(c(-c3c(Cl)nc(-c4ccccc4)nc3Cl)c3nc(c(-c4c(Cl)nc(-c5ccccc5)nc4Cl)c4ccc([nH]4)c(-c4c(Cl)nc(-c5ccccc5)nc4Cl)c4nc(c(-c5c(Cl)nc(-c6ccccc6)nc5Cl)c5ccc([nH]5)c(-c5c(Cl)nc(-c6ccccc6)nc5Cl)c5nc(c(-c6c(Cl)nc(-c7ccccc7)nc6Cl)c6nc1C=C6)C=C5)C=C4)C=C3)C=C2. The number of benzene rings is 7. The molecule has 14 bridgehead atoms. The van der Waals surface area contributed by atoms with Gasteiger partial charge in [-0.2, -0.15) is 0 Å². The largest absolute Gasteiger partial charge is 0.354 e. The molecule has 0 radical (unpaired) electrons. The number of nitrogens with zero attached hydrogens (tertiary/aromatic N) is 19. The lowest BCUT2D eigenvalue weighted by Crippen LogP contribution is -2.00. The van der Waals surface area contributed by atoms with E-state index in [1.807, 2.05) is 212 Å². The number of H-pyrrole nitrogens is 2. The summed E-state index contributed by atoms with van der Waals surface area (Å²) in [6.07, 6.45) is 17.4. The average molecular weight is 2100 g/mol. The van der Waals surface area contributed by atoms with Crippen LogP contribution < -0.4 is 0 Å². The molecule has 10 aromatic heterocycles. The van der Waals surface area contributed by atoms with Crippen molar-refractivity contribution in [1.29, 1.82) is 0 Å². The van der Waals surface area contributed by atoms with E-state index in [9.17, 15) is 0 Å². The Morgan fingerprint density at radius 3 is 0.364 bits per heavy atom. The van der Waals surface area contributed by atoms with Crippen LogP contribution in [0.15, 0.2) is 237 Å². The van der Waals surface area contributed by atoms with Gasteiger partial charge in [-0.05, 0) is 85.0 Å². The van der Waals surface area contributed by atoms with E-state index in [4.69, 9.17) is 257 Å². The van der Waals surface area contributed by atoms with Crippen LogP contribution in [0.3, 0.4) is 0 Å². The highest BCUT2D eigenvalue weighted by molar-refractivity contribution is 6.43. The first-order valence-corrected chi connectivity index (χ1v) is 47.7. The van der Waals surface area contributed by atoms with Crippen LogP contribution in [0.4, 0.5) is 0 Å². The molecule has 0 spiro atoms. The number of aromatic amines is 2. The second-order valence-corrected chi connectivity index (χ2v) is 36.4. The van der Waals surface area contributed by atoms with Crippen LogP contribution >= 0.6 is 162 Å². The van der Waals surface area contributed by atoms with Crippen LogP contribution in [0.25, 0.3) is 240 Å². The highest BCUT2D eigenvalue weighted by Gasteiger charge is 2.34. The molecule has 0 aliphatic carbocycles. The molecular weight excluding hydrogens is 2050 g/mol. The third kappa shape index (κ3) is 17.4. The maximum absolute atomic E-state index is 7.67. The molecule has 7 aromatic carbocycles. The van der Waals surface area contributed by atoms with Gasteiger partial charge in [0.05, 0.1) is 95.9 Å². The lowest BCUT2D eigenvalue weighted by molar-refractivity contribution is 1.16. The Labute approximate surface area is 865 Å². The minimum Gasteiger partial charge on any atom is -0.354 e. The fourth-order valence-electron chi connectivity index (χ4n) is 16.7. The lowest BCUT2D eigenvalue weighted by Gasteiger charge is -2.12. The molecule has 35 heteroatoms. The van der Waals surface area contributed by atoms with Gasteiger partial charge in [-0.3, -0.25) is 0 Å². The van der Waals surface area contributed by atoms with Crippen molar-refractivity contribution in [3.05, 3.63) is 366 Å². The normalized spacial score (nSPS) is 12.1. The summed E-state index contributed by atoms with van der Waals surface area (Å²) in [5.41, 5.74) is 10.0. The van der Waals surface area contributed by atoms with Gasteiger partial charge < -0.3 is 9.97 Å². The summed E-state index contributed by atoms with van der Waals surface area (Å²) < 4.78 is 0. The van der Waals surface area contributed by atoms with Crippen molar-refractivity contribution in [2.75, 3.05) is 0 Å². The van der Waals surface area contributed by atoms with E-state index in [0.29, 0.717) is 61.0 Å². The first kappa shape index (κ1) is 91.3. The van der Waals surface area contributed by atoms with Gasteiger partial charge in [0.1, 0.15) is 72.1 Å². The molecule has 17 aromatic rings. The van der Waals surface area contributed by atoms with E-state index in [1.165, 1.54) is 0 Å². The molecule has 674 valence electrons. The number of fused-ring (bicyclic) bond motifs is 14. The van der Waals surface area contributed by atoms with Gasteiger partial charge in [-0.1, -0.05) is 375 Å². The van der Waals surface area contributed by atoms with Crippen molar-refractivity contribution in [3.8, 4) is 158 Å². The van der Waals surface area contributed by atoms with E-state index in [2.05, 4.69) is 9.97 Å². The molecule has 0 unspecified atom stereocenters. The average Bonchev–Trinajstić information content (AvgIpc) is 1.59. The summed E-state index contributed by atoms with van der Waals surface area (Å²) in [6.45, 7) is 0. The van der Waals surface area contributed by atoms with Gasteiger partial charge in [0.2, 0.25) is 0 Å². The Morgan fingerprint density at radius 2 is 0.236 bits per heavy atom. The zero-order valence-corrected chi connectivity index (χ0v) is 81.7. The van der Waals surface area contributed by atoms with E-state index < -0.39 is 0 Å². The number of halogens is 14. The molecule has 140 heavy (non-hydrogen) atoms. The Balaban J connectivity index is 0.927. The molecule has 0 saturated carbocycles. The van der Waals surface area contributed by atoms with E-state index >= 15 is 0 Å². The van der Waals surface area contributed by atoms with Crippen molar-refractivity contribution < 1.29 is 0 Å². The summed E-state index contributed by atoms with van der Waals surface area (Å²) in [5.74, 6) is 1.48. The number of nitrogens with one attached hydrogen (secondary N) is 2. The quantitative estimate of drug-likeness (QED) is 0.0957. The van der Waals surface area contributed by atoms with E-state index in [0.717, 1.165) is 0 Å². The number of rotatable bonds is 14. The predicted octanol–water partition coefficient (Wildman–Crippen LogP) is 31.7. The molecule has 21 nitrogen and oxygen atoms in total. The van der Waals surface area contributed by atoms with Gasteiger partial charge in [0.25, 0.3) is 0 Å². The van der Waals surface area contributed by atoms with Crippen LogP contribution in [-0.2, 0) is 0 Å². The van der Waals surface area contributed by atoms with E-state index in [-0.39, 0.29) is 248 Å². The van der Waals surface area contributed by atoms with Gasteiger partial charge in [-0.15, -0.1) is 0 Å². The van der Waals surface area contributed by atoms with E-state index in [1.54, 1.807) is 85.0 Å². The van der Waals surface area contributed by atoms with Crippen LogP contribution in [0.1, 0.15) is 56.9 Å². The smallest absolute Gasteiger partial charge is 0.162 e. The second kappa shape index (κ2) is 38.4. The van der Waals surface area contributed by atoms with Gasteiger partial charge in [0, 0.05) is 100.0 Å². The van der Waals surface area contributed by atoms with Crippen LogP contribution in [0.2, 0.25) is 72.1 Å². The maximum atomic E-state index is 7.67. The Hall–Kier alpha value is -13.8. The van der Waals surface area contributed by atoms with Crippen LogP contribution in [0.5, 0.6) is 0 Å². The van der Waals surface area contributed by atoms with Crippen LogP contribution in [0, 0.1) is 0 Å². The van der Waals surface area contributed by atoms with Crippen molar-refractivity contribution in [3.63, 3.8) is 0 Å². The fraction of sp³-hybridized carbons (Fsp3) is 0. The maximum Gasteiger partial charge on any atom is 0.162 e. The van der Waals surface area contributed by atoms with Gasteiger partial charge >= 0.3 is 0 Å². The molecule has 5 aliphatic heterocycles. The molecule has 0 atom stereocenters. The van der Waals surface area contributed by atoms with Gasteiger partial charge in [0.15, 0.2) is 40.8 Å². The minimum atomic E-state index is -0.0998. The molecule has 22 rings (SSSR count). The third-order valence-electron chi connectivity index (χ3n) is 22.9. The monoisotopic (exact) mass is 2100 g/mol. The second-order valence-electron chi connectivity index (χ2n) is 31.4. The topological polar surface area (TPSA) is 276 Å². The first-order chi connectivity index (χ1) is 68.2. The minimum absolute atomic E-state index is 0.0795. The number of hydrogen-bond acceptors (Lipinski definition) is 19. The van der Waals surface area contributed by atoms with Crippen molar-refractivity contribution >= 4 is 245 Å². The molecule has 0 saturated heterocycles. The van der Waals surface area contributed by atoms with Crippen LogP contribution in [-0.4, -0.2) is 105 Å². The molecule has 2 N–H and O–H groups in total. The summed E-state index contributed by atoms with van der Waals surface area (Å²) in [5, 5.41) is -1.24. The summed E-state index contributed by atoms with van der Waals surface area (Å²) in [7, 11) is 0. The zero-order valence-electron chi connectivity index (χ0n) is 71.1. The number of hydrogen-bond donors (Lipinski definition) is 2. The number of aromatic nitrogens is 21. The third-order valence-corrected chi connectivity index (χ3v) is 26.8. The van der Waals surface area contributed by atoms with Crippen molar-refractivity contribution in [2.45, 2.75) is 0 Å². The molecule has 15 heterocycles.